The van der Waals surface area contributed by atoms with E-state index in [9.17, 15) is 9.59 Å². The molecular formula is C12H14N6O2S. The fraction of sp³-hybridized carbons (Fsp3) is 0.333. The number of nitrogens with zero attached hydrogens (tertiary/aromatic N) is 4. The number of hydrogen-bond donors (Lipinski definition) is 2. The first kappa shape index (κ1) is 13.6. The van der Waals surface area contributed by atoms with Crippen LogP contribution in [0, 0.1) is 0 Å². The van der Waals surface area contributed by atoms with Crippen LogP contribution in [0.5, 0.6) is 0 Å². The lowest BCUT2D eigenvalue weighted by atomic mass is 10.2. The molecule has 0 aromatic carbocycles. The Morgan fingerprint density at radius 3 is 2.38 bits per heavy atom. The van der Waals surface area contributed by atoms with Crippen LogP contribution in [0.3, 0.4) is 0 Å². The minimum atomic E-state index is -0.248. The summed E-state index contributed by atoms with van der Waals surface area (Å²) in [6, 6.07) is 1.81. The van der Waals surface area contributed by atoms with Crippen molar-refractivity contribution in [2.45, 2.75) is 0 Å². The number of piperazine rings is 1. The molecule has 0 atom stereocenters. The summed E-state index contributed by atoms with van der Waals surface area (Å²) in [5, 5.41) is 9.85. The molecule has 0 aliphatic carbocycles. The Morgan fingerprint density at radius 2 is 1.86 bits per heavy atom. The molecule has 8 nitrogen and oxygen atoms in total. The van der Waals surface area contributed by atoms with Gasteiger partial charge in [-0.1, -0.05) is 0 Å². The number of thiophene rings is 1. The molecule has 9 heteroatoms. The Morgan fingerprint density at radius 1 is 1.19 bits per heavy atom. The average molecular weight is 306 g/mol. The Bertz CT molecular complexity index is 645. The first-order chi connectivity index (χ1) is 10.1. The van der Waals surface area contributed by atoms with E-state index in [0.29, 0.717) is 31.7 Å². The SMILES string of the molecule is Nc1n[nH]c(C(=O)N2CCN(C(=O)c3ccsc3)CC2)n1. The quantitative estimate of drug-likeness (QED) is 0.815. The van der Waals surface area contributed by atoms with Crippen LogP contribution in [0.2, 0.25) is 0 Å². The highest BCUT2D eigenvalue weighted by molar-refractivity contribution is 7.08. The molecule has 21 heavy (non-hydrogen) atoms. The standard InChI is InChI=1S/C12H14N6O2S/c13-12-14-9(15-16-12)11(20)18-4-2-17(3-5-18)10(19)8-1-6-21-7-8/h1,6-7H,2-5H2,(H3,13,14,15,16). The molecule has 3 heterocycles. The lowest BCUT2D eigenvalue weighted by molar-refractivity contribution is 0.0529. The van der Waals surface area contributed by atoms with E-state index in [0.717, 1.165) is 0 Å². The third-order valence-corrected chi connectivity index (χ3v) is 4.01. The molecule has 2 aromatic rings. The molecule has 0 radical (unpaired) electrons. The van der Waals surface area contributed by atoms with Gasteiger partial charge in [0.2, 0.25) is 11.8 Å². The Kier molecular flexibility index (Phi) is 3.57. The number of nitrogen functional groups attached to an aromatic ring is 1. The molecule has 1 aliphatic heterocycles. The summed E-state index contributed by atoms with van der Waals surface area (Å²) in [5.41, 5.74) is 6.08. The molecule has 2 amide bonds. The van der Waals surface area contributed by atoms with Crippen LogP contribution in [0.4, 0.5) is 5.95 Å². The molecule has 0 unspecified atom stereocenters. The normalized spacial score (nSPS) is 15.2. The Hall–Kier alpha value is -2.42. The van der Waals surface area contributed by atoms with Gasteiger partial charge in [-0.2, -0.15) is 16.3 Å². The highest BCUT2D eigenvalue weighted by Crippen LogP contribution is 2.13. The zero-order valence-electron chi connectivity index (χ0n) is 11.2. The van der Waals surface area contributed by atoms with Gasteiger partial charge in [0.15, 0.2) is 0 Å². The number of nitrogens with two attached hydrogens (primary N) is 1. The summed E-state index contributed by atoms with van der Waals surface area (Å²) >= 11 is 1.49. The minimum absolute atomic E-state index is 0.00672. The van der Waals surface area contributed by atoms with Crippen molar-refractivity contribution in [2.75, 3.05) is 31.9 Å². The van der Waals surface area contributed by atoms with E-state index in [2.05, 4.69) is 15.2 Å². The number of carbonyl (C=O) groups is 2. The van der Waals surface area contributed by atoms with Gasteiger partial charge in [-0.25, -0.2) is 0 Å². The molecule has 1 fully saturated rings. The van der Waals surface area contributed by atoms with Gasteiger partial charge in [0.25, 0.3) is 11.8 Å². The van der Waals surface area contributed by atoms with Gasteiger partial charge in [0, 0.05) is 31.6 Å². The van der Waals surface area contributed by atoms with Crippen molar-refractivity contribution in [1.82, 2.24) is 25.0 Å². The molecule has 110 valence electrons. The minimum Gasteiger partial charge on any atom is -0.366 e. The van der Waals surface area contributed by atoms with Crippen LogP contribution in [0.1, 0.15) is 21.0 Å². The maximum atomic E-state index is 12.2. The maximum Gasteiger partial charge on any atom is 0.291 e. The third kappa shape index (κ3) is 2.72. The predicted octanol–water partition coefficient (Wildman–Crippen LogP) is 0.0466. The molecule has 3 rings (SSSR count). The van der Waals surface area contributed by atoms with Crippen LogP contribution in [0.25, 0.3) is 0 Å². The lowest BCUT2D eigenvalue weighted by Crippen LogP contribution is -2.50. The number of anilines is 1. The van der Waals surface area contributed by atoms with Crippen LogP contribution >= 0.6 is 11.3 Å². The number of aromatic amines is 1. The van der Waals surface area contributed by atoms with Crippen molar-refractivity contribution in [1.29, 1.82) is 0 Å². The number of hydrogen-bond acceptors (Lipinski definition) is 6. The fourth-order valence-electron chi connectivity index (χ4n) is 2.20. The second kappa shape index (κ2) is 5.52. The fourth-order valence-corrected chi connectivity index (χ4v) is 2.83. The summed E-state index contributed by atoms with van der Waals surface area (Å²) in [4.78, 5) is 31.6. The summed E-state index contributed by atoms with van der Waals surface area (Å²) < 4.78 is 0. The van der Waals surface area contributed by atoms with E-state index >= 15 is 0 Å². The molecule has 1 saturated heterocycles. The average Bonchev–Trinajstić information content (AvgIpc) is 3.17. The van der Waals surface area contributed by atoms with Crippen molar-refractivity contribution in [2.24, 2.45) is 0 Å². The van der Waals surface area contributed by atoms with Crippen molar-refractivity contribution in [3.63, 3.8) is 0 Å². The van der Waals surface area contributed by atoms with E-state index < -0.39 is 0 Å². The number of rotatable bonds is 2. The van der Waals surface area contributed by atoms with E-state index in [1.54, 1.807) is 9.80 Å². The lowest BCUT2D eigenvalue weighted by Gasteiger charge is -2.34. The molecule has 3 N–H and O–H groups in total. The zero-order valence-corrected chi connectivity index (χ0v) is 12.0. The Balaban J connectivity index is 1.60. The van der Waals surface area contributed by atoms with E-state index in [4.69, 9.17) is 5.73 Å². The largest absolute Gasteiger partial charge is 0.366 e. The summed E-state index contributed by atoms with van der Waals surface area (Å²) in [6.07, 6.45) is 0. The first-order valence-corrected chi connectivity index (χ1v) is 7.38. The zero-order chi connectivity index (χ0) is 14.8. The van der Waals surface area contributed by atoms with Crippen molar-refractivity contribution >= 4 is 29.1 Å². The topological polar surface area (TPSA) is 108 Å². The second-order valence-corrected chi connectivity index (χ2v) is 5.42. The first-order valence-electron chi connectivity index (χ1n) is 6.44. The monoisotopic (exact) mass is 306 g/mol. The van der Waals surface area contributed by atoms with Crippen molar-refractivity contribution < 1.29 is 9.59 Å². The number of carbonyl (C=O) groups excluding carboxylic acids is 2. The number of nitrogens with one attached hydrogen (secondary N) is 1. The van der Waals surface area contributed by atoms with Crippen LogP contribution in [-0.2, 0) is 0 Å². The van der Waals surface area contributed by atoms with Gasteiger partial charge in [-0.15, -0.1) is 5.10 Å². The third-order valence-electron chi connectivity index (χ3n) is 3.33. The van der Waals surface area contributed by atoms with Gasteiger partial charge in [0.05, 0.1) is 5.56 Å². The smallest absolute Gasteiger partial charge is 0.291 e. The molecule has 1 aliphatic rings. The van der Waals surface area contributed by atoms with E-state index in [-0.39, 0.29) is 23.6 Å². The van der Waals surface area contributed by atoms with Crippen LogP contribution in [-0.4, -0.2) is 63.0 Å². The van der Waals surface area contributed by atoms with Gasteiger partial charge < -0.3 is 15.5 Å². The van der Waals surface area contributed by atoms with Crippen LogP contribution in [0.15, 0.2) is 16.8 Å². The second-order valence-electron chi connectivity index (χ2n) is 4.64. The predicted molar refractivity (Wildman–Crippen MR) is 76.9 cm³/mol. The molecular weight excluding hydrogens is 292 g/mol. The number of aromatic nitrogens is 3. The van der Waals surface area contributed by atoms with Crippen molar-refractivity contribution in [3.05, 3.63) is 28.2 Å². The van der Waals surface area contributed by atoms with E-state index in [1.165, 1.54) is 11.3 Å². The van der Waals surface area contributed by atoms with Gasteiger partial charge >= 0.3 is 0 Å². The van der Waals surface area contributed by atoms with Gasteiger partial charge in [0.1, 0.15) is 0 Å². The van der Waals surface area contributed by atoms with Crippen molar-refractivity contribution in [3.8, 4) is 0 Å². The molecule has 2 aromatic heterocycles. The highest BCUT2D eigenvalue weighted by Gasteiger charge is 2.27. The number of H-pyrrole nitrogens is 1. The molecule has 0 saturated carbocycles. The Labute approximate surface area is 124 Å². The summed E-state index contributed by atoms with van der Waals surface area (Å²) in [6.45, 7) is 1.94. The van der Waals surface area contributed by atoms with Crippen LogP contribution < -0.4 is 5.73 Å². The van der Waals surface area contributed by atoms with Gasteiger partial charge in [-0.3, -0.25) is 14.7 Å². The summed E-state index contributed by atoms with van der Waals surface area (Å²) in [7, 11) is 0. The highest BCUT2D eigenvalue weighted by atomic mass is 32.1. The molecule has 0 spiro atoms. The number of amides is 2. The molecule has 0 bridgehead atoms. The van der Waals surface area contributed by atoms with E-state index in [1.807, 2.05) is 16.8 Å². The summed E-state index contributed by atoms with van der Waals surface area (Å²) in [5.74, 6) is -0.0659. The maximum absolute atomic E-state index is 12.2. The van der Waals surface area contributed by atoms with Gasteiger partial charge in [-0.05, 0) is 11.4 Å².